The normalized spacial score (nSPS) is 20.3. The molecule has 1 heterocycles. The zero-order valence-electron chi connectivity index (χ0n) is 14.4. The number of morpholine rings is 1. The highest BCUT2D eigenvalue weighted by Crippen LogP contribution is 2.24. The molecular formula is C18H26N2O4S. The van der Waals surface area contributed by atoms with Crippen LogP contribution in [-0.2, 0) is 26.1 Å². The van der Waals surface area contributed by atoms with Crippen LogP contribution in [0.4, 0.5) is 0 Å². The van der Waals surface area contributed by atoms with E-state index in [0.29, 0.717) is 31.9 Å². The average molecular weight is 366 g/mol. The molecule has 1 saturated heterocycles. The van der Waals surface area contributed by atoms with Gasteiger partial charge in [0, 0.05) is 25.6 Å². The molecule has 1 N–H and O–H groups in total. The van der Waals surface area contributed by atoms with Crippen LogP contribution >= 0.6 is 0 Å². The monoisotopic (exact) mass is 366 g/mol. The lowest BCUT2D eigenvalue weighted by Gasteiger charge is -2.27. The molecule has 7 heteroatoms. The maximum absolute atomic E-state index is 12.9. The molecule has 0 unspecified atom stereocenters. The number of nitrogens with zero attached hydrogens (tertiary/aromatic N) is 1. The average Bonchev–Trinajstić information content (AvgIpc) is 2.67. The molecule has 0 aromatic heterocycles. The summed E-state index contributed by atoms with van der Waals surface area (Å²) in [7, 11) is -3.56. The maximum Gasteiger partial charge on any atom is 0.243 e. The number of ether oxygens (including phenoxy) is 1. The second kappa shape index (κ2) is 8.29. The molecule has 2 aliphatic rings. The topological polar surface area (TPSA) is 75.7 Å². The van der Waals surface area contributed by atoms with E-state index in [9.17, 15) is 13.2 Å². The summed E-state index contributed by atoms with van der Waals surface area (Å²) in [5.41, 5.74) is 0.637. The molecular weight excluding hydrogens is 340 g/mol. The van der Waals surface area contributed by atoms with E-state index < -0.39 is 10.0 Å². The molecule has 1 amide bonds. The van der Waals surface area contributed by atoms with Crippen molar-refractivity contribution in [3.05, 3.63) is 29.8 Å². The Morgan fingerprint density at radius 1 is 1.12 bits per heavy atom. The number of hydrogen-bond donors (Lipinski definition) is 1. The van der Waals surface area contributed by atoms with Crippen molar-refractivity contribution in [3.63, 3.8) is 0 Å². The van der Waals surface area contributed by atoms with E-state index >= 15 is 0 Å². The van der Waals surface area contributed by atoms with Gasteiger partial charge in [0.25, 0.3) is 0 Å². The third kappa shape index (κ3) is 4.40. The minimum Gasteiger partial charge on any atom is -0.379 e. The zero-order chi connectivity index (χ0) is 17.7. The Morgan fingerprint density at radius 3 is 2.52 bits per heavy atom. The van der Waals surface area contributed by atoms with Gasteiger partial charge in [-0.25, -0.2) is 8.42 Å². The van der Waals surface area contributed by atoms with Crippen LogP contribution in [0.3, 0.4) is 0 Å². The number of carbonyl (C=O) groups is 1. The Kier molecular flexibility index (Phi) is 6.09. The Labute approximate surface area is 149 Å². The molecule has 25 heavy (non-hydrogen) atoms. The summed E-state index contributed by atoms with van der Waals surface area (Å²) in [6.45, 7) is 1.81. The summed E-state index contributed by atoms with van der Waals surface area (Å²) in [5.74, 6) is 0.107. The second-order valence-corrected chi connectivity index (χ2v) is 8.58. The van der Waals surface area contributed by atoms with Crippen LogP contribution in [0, 0.1) is 5.92 Å². The first-order chi connectivity index (χ1) is 12.1. The smallest absolute Gasteiger partial charge is 0.243 e. The fraction of sp³-hybridized carbons (Fsp3) is 0.611. The number of sulfonamides is 1. The number of carbonyl (C=O) groups excluding carboxylic acids is 1. The standard InChI is InChI=1S/C18H26N2O4S/c21-18(15-6-2-1-3-7-15)19-14-16-8-4-5-9-17(16)25(22,23)20-10-12-24-13-11-20/h4-5,8-9,15H,1-3,6-7,10-14H2,(H,19,21). The highest BCUT2D eigenvalue weighted by atomic mass is 32.2. The number of rotatable bonds is 5. The number of benzene rings is 1. The van der Waals surface area contributed by atoms with E-state index in [1.807, 2.05) is 0 Å². The molecule has 1 aliphatic carbocycles. The van der Waals surface area contributed by atoms with E-state index in [4.69, 9.17) is 4.74 Å². The van der Waals surface area contributed by atoms with Gasteiger partial charge in [-0.05, 0) is 24.5 Å². The summed E-state index contributed by atoms with van der Waals surface area (Å²) >= 11 is 0. The van der Waals surface area contributed by atoms with Gasteiger partial charge in [0.15, 0.2) is 0 Å². The zero-order valence-corrected chi connectivity index (χ0v) is 15.3. The third-order valence-electron chi connectivity index (χ3n) is 4.99. The summed E-state index contributed by atoms with van der Waals surface area (Å²) in [4.78, 5) is 12.6. The van der Waals surface area contributed by atoms with Crippen LogP contribution < -0.4 is 5.32 Å². The van der Waals surface area contributed by atoms with Gasteiger partial charge in [-0.15, -0.1) is 0 Å². The first-order valence-electron chi connectivity index (χ1n) is 9.02. The molecule has 6 nitrogen and oxygen atoms in total. The molecule has 0 spiro atoms. The maximum atomic E-state index is 12.9. The van der Waals surface area contributed by atoms with Crippen LogP contribution in [-0.4, -0.2) is 44.9 Å². The molecule has 138 valence electrons. The van der Waals surface area contributed by atoms with Crippen molar-refractivity contribution < 1.29 is 17.9 Å². The van der Waals surface area contributed by atoms with Crippen molar-refractivity contribution in [2.24, 2.45) is 5.92 Å². The van der Waals surface area contributed by atoms with Crippen molar-refractivity contribution in [2.75, 3.05) is 26.3 Å². The highest BCUT2D eigenvalue weighted by molar-refractivity contribution is 7.89. The van der Waals surface area contributed by atoms with Crippen molar-refractivity contribution in [3.8, 4) is 0 Å². The second-order valence-electron chi connectivity index (χ2n) is 6.68. The predicted molar refractivity (Wildman–Crippen MR) is 94.4 cm³/mol. The molecule has 0 atom stereocenters. The predicted octanol–water partition coefficient (Wildman–Crippen LogP) is 1.90. The van der Waals surface area contributed by atoms with Crippen molar-refractivity contribution in [1.29, 1.82) is 0 Å². The fourth-order valence-electron chi connectivity index (χ4n) is 3.52. The van der Waals surface area contributed by atoms with Gasteiger partial charge in [-0.2, -0.15) is 4.31 Å². The van der Waals surface area contributed by atoms with Gasteiger partial charge in [0.1, 0.15) is 0 Å². The molecule has 1 aliphatic heterocycles. The van der Waals surface area contributed by atoms with Gasteiger partial charge in [0.05, 0.1) is 18.1 Å². The van der Waals surface area contributed by atoms with E-state index in [1.165, 1.54) is 10.7 Å². The lowest BCUT2D eigenvalue weighted by atomic mass is 9.88. The summed E-state index contributed by atoms with van der Waals surface area (Å²) in [6.07, 6.45) is 5.25. The first kappa shape index (κ1) is 18.4. The molecule has 0 bridgehead atoms. The lowest BCUT2D eigenvalue weighted by molar-refractivity contribution is -0.126. The molecule has 1 aromatic rings. The largest absolute Gasteiger partial charge is 0.379 e. The molecule has 1 aromatic carbocycles. The fourth-order valence-corrected chi connectivity index (χ4v) is 5.15. The van der Waals surface area contributed by atoms with E-state index in [2.05, 4.69) is 5.32 Å². The number of nitrogens with one attached hydrogen (secondary N) is 1. The highest BCUT2D eigenvalue weighted by Gasteiger charge is 2.28. The third-order valence-corrected chi connectivity index (χ3v) is 6.99. The van der Waals surface area contributed by atoms with Crippen molar-refractivity contribution >= 4 is 15.9 Å². The number of amides is 1. The minimum atomic E-state index is -3.56. The van der Waals surface area contributed by atoms with Crippen molar-refractivity contribution in [1.82, 2.24) is 9.62 Å². The van der Waals surface area contributed by atoms with Crippen LogP contribution in [0.5, 0.6) is 0 Å². The van der Waals surface area contributed by atoms with Crippen LogP contribution in [0.1, 0.15) is 37.7 Å². The number of hydrogen-bond acceptors (Lipinski definition) is 4. The Balaban J connectivity index is 1.71. The van der Waals surface area contributed by atoms with Gasteiger partial charge >= 0.3 is 0 Å². The van der Waals surface area contributed by atoms with E-state index in [0.717, 1.165) is 25.7 Å². The van der Waals surface area contributed by atoms with Crippen molar-refractivity contribution in [2.45, 2.75) is 43.5 Å². The Bertz CT molecular complexity index is 693. The van der Waals surface area contributed by atoms with Gasteiger partial charge in [0.2, 0.25) is 15.9 Å². The molecule has 2 fully saturated rings. The van der Waals surface area contributed by atoms with Crippen LogP contribution in [0.25, 0.3) is 0 Å². The lowest BCUT2D eigenvalue weighted by Crippen LogP contribution is -2.41. The Morgan fingerprint density at radius 2 is 1.80 bits per heavy atom. The van der Waals surface area contributed by atoms with E-state index in [-0.39, 0.29) is 23.3 Å². The van der Waals surface area contributed by atoms with Crippen LogP contribution in [0.2, 0.25) is 0 Å². The summed E-state index contributed by atoms with van der Waals surface area (Å²) in [5, 5.41) is 2.94. The van der Waals surface area contributed by atoms with Gasteiger partial charge < -0.3 is 10.1 Å². The summed E-state index contributed by atoms with van der Waals surface area (Å²) < 4.78 is 32.5. The Hall–Kier alpha value is -1.44. The molecule has 0 radical (unpaired) electrons. The van der Waals surface area contributed by atoms with Gasteiger partial charge in [-0.3, -0.25) is 4.79 Å². The molecule has 3 rings (SSSR count). The summed E-state index contributed by atoms with van der Waals surface area (Å²) in [6, 6.07) is 6.92. The first-order valence-corrected chi connectivity index (χ1v) is 10.5. The van der Waals surface area contributed by atoms with E-state index in [1.54, 1.807) is 24.3 Å². The SMILES string of the molecule is O=C(NCc1ccccc1S(=O)(=O)N1CCOCC1)C1CCCCC1. The van der Waals surface area contributed by atoms with Crippen LogP contribution in [0.15, 0.2) is 29.2 Å². The molecule has 1 saturated carbocycles. The van der Waals surface area contributed by atoms with Gasteiger partial charge in [-0.1, -0.05) is 37.5 Å². The minimum absolute atomic E-state index is 0.0401. The quantitative estimate of drug-likeness (QED) is 0.864.